The number of nitrogens with two attached hydrogens (primary N) is 1. The minimum absolute atomic E-state index is 0.0935. The number of hydrogen-bond donors (Lipinski definition) is 3. The summed E-state index contributed by atoms with van der Waals surface area (Å²) in [7, 11) is 0. The van der Waals surface area contributed by atoms with E-state index < -0.39 is 29.7 Å². The van der Waals surface area contributed by atoms with Crippen LogP contribution in [0.15, 0.2) is 18.2 Å². The molecule has 0 radical (unpaired) electrons. The quantitative estimate of drug-likeness (QED) is 0.276. The first-order valence-corrected chi connectivity index (χ1v) is 11.5. The molecular formula is C23H32N4O6. The van der Waals surface area contributed by atoms with Crippen molar-refractivity contribution in [2.75, 3.05) is 44.8 Å². The molecule has 2 aliphatic heterocycles. The van der Waals surface area contributed by atoms with E-state index in [1.165, 1.54) is 0 Å². The van der Waals surface area contributed by atoms with Crippen LogP contribution in [-0.4, -0.2) is 74.1 Å². The normalized spacial score (nSPS) is 18.0. The molecule has 4 N–H and O–H groups in total. The van der Waals surface area contributed by atoms with Gasteiger partial charge in [-0.25, -0.2) is 0 Å². The van der Waals surface area contributed by atoms with Crippen LogP contribution < -0.4 is 16.4 Å². The summed E-state index contributed by atoms with van der Waals surface area (Å²) in [5.74, 6) is -2.04. The third-order valence-electron chi connectivity index (χ3n) is 5.57. The molecule has 10 heteroatoms. The summed E-state index contributed by atoms with van der Waals surface area (Å²) in [6.07, 6.45) is 3.71. The van der Waals surface area contributed by atoms with Crippen LogP contribution in [0.4, 0.5) is 5.69 Å². The average molecular weight is 461 g/mol. The number of amides is 4. The third-order valence-corrected chi connectivity index (χ3v) is 5.57. The number of nitrogens with zero attached hydrogens (tertiary/aromatic N) is 1. The van der Waals surface area contributed by atoms with E-state index >= 15 is 0 Å². The van der Waals surface area contributed by atoms with Gasteiger partial charge in [-0.3, -0.25) is 29.4 Å². The van der Waals surface area contributed by atoms with Crippen molar-refractivity contribution >= 4 is 29.3 Å². The predicted molar refractivity (Wildman–Crippen MR) is 121 cm³/mol. The van der Waals surface area contributed by atoms with Gasteiger partial charge < -0.3 is 20.5 Å². The second-order valence-corrected chi connectivity index (χ2v) is 8.03. The first-order chi connectivity index (χ1) is 16.0. The lowest BCUT2D eigenvalue weighted by Gasteiger charge is -2.27. The first-order valence-electron chi connectivity index (χ1n) is 11.5. The van der Waals surface area contributed by atoms with E-state index in [0.717, 1.165) is 30.6 Å². The van der Waals surface area contributed by atoms with Crippen molar-refractivity contribution in [3.63, 3.8) is 0 Å². The Morgan fingerprint density at radius 3 is 2.36 bits per heavy atom. The zero-order chi connectivity index (χ0) is 23.6. The minimum Gasteiger partial charge on any atom is -0.384 e. The number of unbranched alkanes of at least 4 members (excludes halogenated alkanes) is 1. The summed E-state index contributed by atoms with van der Waals surface area (Å²) < 4.78 is 11.1. The number of carbonyl (C=O) groups is 4. The van der Waals surface area contributed by atoms with Crippen LogP contribution in [0.3, 0.4) is 0 Å². The Bertz CT molecular complexity index is 875. The first kappa shape index (κ1) is 24.8. The molecule has 0 aromatic heterocycles. The van der Waals surface area contributed by atoms with Gasteiger partial charge in [0.15, 0.2) is 0 Å². The Morgan fingerprint density at radius 2 is 1.67 bits per heavy atom. The van der Waals surface area contributed by atoms with E-state index in [9.17, 15) is 19.2 Å². The van der Waals surface area contributed by atoms with Gasteiger partial charge >= 0.3 is 0 Å². The number of imide groups is 2. The van der Waals surface area contributed by atoms with Crippen LogP contribution in [0.25, 0.3) is 0 Å². The van der Waals surface area contributed by atoms with Crippen molar-refractivity contribution < 1.29 is 28.7 Å². The van der Waals surface area contributed by atoms with Gasteiger partial charge in [0.05, 0.1) is 11.1 Å². The highest BCUT2D eigenvalue weighted by Crippen LogP contribution is 2.32. The standard InChI is InChI=1S/C23H32N4O6/c24-10-4-14-32-12-1-2-13-33-15-5-11-25-17-7-3-6-16-20(17)23(31)27(22(16)30)18-8-9-19(28)26-21(18)29/h3,6-7,18,25H,1-2,4-5,8-15,24H2,(H,26,28,29). The lowest BCUT2D eigenvalue weighted by atomic mass is 10.0. The van der Waals surface area contributed by atoms with E-state index in [2.05, 4.69) is 10.6 Å². The maximum absolute atomic E-state index is 13.0. The van der Waals surface area contributed by atoms with Crippen molar-refractivity contribution in [3.05, 3.63) is 29.3 Å². The summed E-state index contributed by atoms with van der Waals surface area (Å²) in [5.41, 5.74) is 6.49. The van der Waals surface area contributed by atoms with Gasteiger partial charge in [0.1, 0.15) is 6.04 Å². The van der Waals surface area contributed by atoms with E-state index in [1.54, 1.807) is 18.2 Å². The molecule has 3 rings (SSSR count). The van der Waals surface area contributed by atoms with Crippen LogP contribution in [-0.2, 0) is 19.1 Å². The molecule has 4 amide bonds. The molecule has 1 fully saturated rings. The molecule has 0 bridgehead atoms. The van der Waals surface area contributed by atoms with Gasteiger partial charge in [-0.05, 0) is 50.8 Å². The van der Waals surface area contributed by atoms with Crippen molar-refractivity contribution in [3.8, 4) is 0 Å². The van der Waals surface area contributed by atoms with Crippen molar-refractivity contribution in [1.29, 1.82) is 0 Å². The Morgan fingerprint density at radius 1 is 0.970 bits per heavy atom. The fraction of sp³-hybridized carbons (Fsp3) is 0.565. The smallest absolute Gasteiger partial charge is 0.264 e. The Balaban J connectivity index is 1.43. The molecule has 0 saturated carbocycles. The second kappa shape index (κ2) is 12.4. The molecule has 2 aliphatic rings. The number of anilines is 1. The molecule has 1 unspecified atom stereocenters. The zero-order valence-electron chi connectivity index (χ0n) is 18.8. The maximum atomic E-state index is 13.0. The monoisotopic (exact) mass is 460 g/mol. The molecule has 1 aromatic carbocycles. The SMILES string of the molecule is NCCCOCCCCOCCCNc1cccc2c1C(=O)N(C1CCC(=O)NC1=O)C2=O. The lowest BCUT2D eigenvalue weighted by molar-refractivity contribution is -0.136. The maximum Gasteiger partial charge on any atom is 0.264 e. The highest BCUT2D eigenvalue weighted by atomic mass is 16.5. The second-order valence-electron chi connectivity index (χ2n) is 8.03. The van der Waals surface area contributed by atoms with Gasteiger partial charge in [-0.2, -0.15) is 0 Å². The summed E-state index contributed by atoms with van der Waals surface area (Å²) in [5, 5.41) is 5.41. The molecule has 1 aromatic rings. The van der Waals surface area contributed by atoms with Crippen LogP contribution in [0.1, 0.15) is 59.2 Å². The minimum atomic E-state index is -0.970. The Kier molecular flexibility index (Phi) is 9.35. The molecule has 0 spiro atoms. The molecular weight excluding hydrogens is 428 g/mol. The fourth-order valence-electron chi connectivity index (χ4n) is 3.86. The van der Waals surface area contributed by atoms with Crippen LogP contribution in [0, 0.1) is 0 Å². The van der Waals surface area contributed by atoms with E-state index in [-0.39, 0.29) is 24.0 Å². The number of benzene rings is 1. The lowest BCUT2D eigenvalue weighted by Crippen LogP contribution is -2.54. The number of fused-ring (bicyclic) bond motifs is 1. The van der Waals surface area contributed by atoms with Crippen LogP contribution in [0.5, 0.6) is 0 Å². The molecule has 1 saturated heterocycles. The Labute approximate surface area is 193 Å². The van der Waals surface area contributed by atoms with Gasteiger partial charge in [-0.15, -0.1) is 0 Å². The molecule has 10 nitrogen and oxygen atoms in total. The number of nitrogens with one attached hydrogen (secondary N) is 2. The summed E-state index contributed by atoms with van der Waals surface area (Å²) in [6, 6.07) is 4.05. The average Bonchev–Trinajstić information content (AvgIpc) is 3.05. The summed E-state index contributed by atoms with van der Waals surface area (Å²) in [4.78, 5) is 50.5. The fourth-order valence-corrected chi connectivity index (χ4v) is 3.86. The number of piperidine rings is 1. The summed E-state index contributed by atoms with van der Waals surface area (Å²) >= 11 is 0. The molecule has 1 atom stereocenters. The molecule has 180 valence electrons. The van der Waals surface area contributed by atoms with Crippen molar-refractivity contribution in [2.45, 2.75) is 44.6 Å². The number of carbonyl (C=O) groups excluding carboxylic acids is 4. The van der Waals surface area contributed by atoms with Gasteiger partial charge in [0.25, 0.3) is 11.8 Å². The highest BCUT2D eigenvalue weighted by Gasteiger charge is 2.45. The zero-order valence-corrected chi connectivity index (χ0v) is 18.8. The van der Waals surface area contributed by atoms with Crippen molar-refractivity contribution in [2.24, 2.45) is 5.73 Å². The van der Waals surface area contributed by atoms with Crippen LogP contribution in [0.2, 0.25) is 0 Å². The topological polar surface area (TPSA) is 140 Å². The van der Waals surface area contributed by atoms with E-state index in [1.807, 2.05) is 0 Å². The van der Waals surface area contributed by atoms with E-state index in [0.29, 0.717) is 45.2 Å². The largest absolute Gasteiger partial charge is 0.384 e. The number of hydrogen-bond acceptors (Lipinski definition) is 8. The molecule has 33 heavy (non-hydrogen) atoms. The van der Waals surface area contributed by atoms with Gasteiger partial charge in [0.2, 0.25) is 11.8 Å². The predicted octanol–water partition coefficient (Wildman–Crippen LogP) is 1.05. The van der Waals surface area contributed by atoms with Crippen molar-refractivity contribution in [1.82, 2.24) is 10.2 Å². The molecule has 2 heterocycles. The number of rotatable bonds is 14. The van der Waals surface area contributed by atoms with Gasteiger partial charge in [0, 0.05) is 45.1 Å². The van der Waals surface area contributed by atoms with Gasteiger partial charge in [-0.1, -0.05) is 6.07 Å². The molecule has 0 aliphatic carbocycles. The third kappa shape index (κ3) is 6.37. The van der Waals surface area contributed by atoms with Crippen LogP contribution >= 0.6 is 0 Å². The van der Waals surface area contributed by atoms with E-state index in [4.69, 9.17) is 15.2 Å². The highest BCUT2D eigenvalue weighted by molar-refractivity contribution is 6.25. The number of ether oxygens (including phenoxy) is 2. The Hall–Kier alpha value is -2.82. The summed E-state index contributed by atoms with van der Waals surface area (Å²) in [6.45, 7) is 3.86.